The van der Waals surface area contributed by atoms with Gasteiger partial charge in [0.1, 0.15) is 0 Å². The van der Waals surface area contributed by atoms with Crippen LogP contribution in [0.4, 0.5) is 0 Å². The molecule has 0 aromatic rings. The fourth-order valence-electron chi connectivity index (χ4n) is 1.57. The molecule has 0 aliphatic heterocycles. The Morgan fingerprint density at radius 3 is 1.80 bits per heavy atom. The molecule has 0 aliphatic carbocycles. The standard InChI is InChI=1S/C14H29N/c1-13(2,3)10-8-9-11-15(7)12-14(4,5)6/h8-9H,10-12H2,1-7H3/b9-8+. The molecule has 90 valence electrons. The van der Waals surface area contributed by atoms with Gasteiger partial charge in [0.05, 0.1) is 0 Å². The van der Waals surface area contributed by atoms with Crippen LogP contribution < -0.4 is 0 Å². The van der Waals surface area contributed by atoms with Crippen LogP contribution in [0, 0.1) is 10.8 Å². The van der Waals surface area contributed by atoms with Crippen LogP contribution in [0.3, 0.4) is 0 Å². The van der Waals surface area contributed by atoms with E-state index >= 15 is 0 Å². The molecule has 1 heteroatoms. The zero-order chi connectivity index (χ0) is 12.1. The molecule has 0 saturated carbocycles. The van der Waals surface area contributed by atoms with Crippen LogP contribution in [0.2, 0.25) is 0 Å². The van der Waals surface area contributed by atoms with Gasteiger partial charge in [-0.3, -0.25) is 0 Å². The molecule has 0 fully saturated rings. The van der Waals surface area contributed by atoms with E-state index in [2.05, 4.69) is 65.6 Å². The third-order valence-corrected chi connectivity index (χ3v) is 2.06. The van der Waals surface area contributed by atoms with Crippen molar-refractivity contribution in [1.82, 2.24) is 4.90 Å². The van der Waals surface area contributed by atoms with Crippen molar-refractivity contribution >= 4 is 0 Å². The zero-order valence-corrected chi connectivity index (χ0v) is 11.7. The first kappa shape index (κ1) is 14.7. The van der Waals surface area contributed by atoms with E-state index in [0.29, 0.717) is 10.8 Å². The Bertz CT molecular complexity index is 190. The van der Waals surface area contributed by atoms with E-state index in [4.69, 9.17) is 0 Å². The molecule has 1 nitrogen and oxygen atoms in total. The third-order valence-electron chi connectivity index (χ3n) is 2.06. The zero-order valence-electron chi connectivity index (χ0n) is 11.7. The van der Waals surface area contributed by atoms with Gasteiger partial charge in [0, 0.05) is 13.1 Å². The molecular weight excluding hydrogens is 182 g/mol. The predicted molar refractivity (Wildman–Crippen MR) is 70.2 cm³/mol. The minimum absolute atomic E-state index is 0.395. The van der Waals surface area contributed by atoms with Gasteiger partial charge >= 0.3 is 0 Å². The fourth-order valence-corrected chi connectivity index (χ4v) is 1.57. The van der Waals surface area contributed by atoms with E-state index in [0.717, 1.165) is 19.5 Å². The van der Waals surface area contributed by atoms with Crippen LogP contribution in [0.15, 0.2) is 12.2 Å². The molecule has 0 radical (unpaired) electrons. The number of hydrogen-bond donors (Lipinski definition) is 0. The first-order valence-electron chi connectivity index (χ1n) is 5.94. The van der Waals surface area contributed by atoms with Gasteiger partial charge in [0.25, 0.3) is 0 Å². The summed E-state index contributed by atoms with van der Waals surface area (Å²) in [7, 11) is 2.19. The second kappa shape index (κ2) is 5.69. The Labute approximate surface area is 96.6 Å². The molecule has 0 bridgehead atoms. The minimum Gasteiger partial charge on any atom is -0.302 e. The molecule has 0 N–H and O–H groups in total. The Kier molecular flexibility index (Phi) is 5.58. The topological polar surface area (TPSA) is 3.24 Å². The average molecular weight is 211 g/mol. The van der Waals surface area contributed by atoms with E-state index < -0.39 is 0 Å². The lowest BCUT2D eigenvalue weighted by atomic mass is 9.92. The Morgan fingerprint density at radius 1 is 0.867 bits per heavy atom. The molecule has 0 aromatic carbocycles. The summed E-state index contributed by atoms with van der Waals surface area (Å²) in [6.45, 7) is 15.9. The number of likely N-dealkylation sites (N-methyl/N-ethyl adjacent to an activating group) is 1. The summed E-state index contributed by atoms with van der Waals surface area (Å²) < 4.78 is 0. The van der Waals surface area contributed by atoms with E-state index in [9.17, 15) is 0 Å². The van der Waals surface area contributed by atoms with Crippen molar-refractivity contribution in [3.8, 4) is 0 Å². The monoisotopic (exact) mass is 211 g/mol. The number of rotatable bonds is 4. The molecular formula is C14H29N. The second-order valence-electron chi connectivity index (χ2n) is 6.99. The lowest BCUT2D eigenvalue weighted by Crippen LogP contribution is -2.29. The van der Waals surface area contributed by atoms with Gasteiger partial charge in [-0.15, -0.1) is 0 Å². The van der Waals surface area contributed by atoms with Crippen LogP contribution in [-0.4, -0.2) is 25.0 Å². The maximum absolute atomic E-state index is 2.37. The summed E-state index contributed by atoms with van der Waals surface area (Å²) in [5, 5.41) is 0. The van der Waals surface area contributed by atoms with E-state index in [-0.39, 0.29) is 0 Å². The fraction of sp³-hybridized carbons (Fsp3) is 0.857. The highest BCUT2D eigenvalue weighted by Crippen LogP contribution is 2.18. The first-order valence-corrected chi connectivity index (χ1v) is 5.94. The molecule has 0 atom stereocenters. The minimum atomic E-state index is 0.395. The number of nitrogens with zero attached hydrogens (tertiary/aromatic N) is 1. The predicted octanol–water partition coefficient (Wildman–Crippen LogP) is 3.96. The van der Waals surface area contributed by atoms with Crippen molar-refractivity contribution in [1.29, 1.82) is 0 Å². The molecule has 15 heavy (non-hydrogen) atoms. The molecule has 0 saturated heterocycles. The van der Waals surface area contributed by atoms with Crippen molar-refractivity contribution < 1.29 is 0 Å². The highest BCUT2D eigenvalue weighted by molar-refractivity contribution is 4.88. The van der Waals surface area contributed by atoms with Gasteiger partial charge in [-0.1, -0.05) is 53.7 Å². The normalized spacial score (nSPS) is 14.1. The second-order valence-corrected chi connectivity index (χ2v) is 6.99. The van der Waals surface area contributed by atoms with E-state index in [1.807, 2.05) is 0 Å². The highest BCUT2D eigenvalue weighted by atomic mass is 15.1. The van der Waals surface area contributed by atoms with Crippen LogP contribution in [-0.2, 0) is 0 Å². The Hall–Kier alpha value is -0.300. The summed E-state index contributed by atoms with van der Waals surface area (Å²) in [6.07, 6.45) is 5.76. The van der Waals surface area contributed by atoms with E-state index in [1.165, 1.54) is 0 Å². The summed E-state index contributed by atoms with van der Waals surface area (Å²) in [4.78, 5) is 2.37. The van der Waals surface area contributed by atoms with Crippen LogP contribution >= 0.6 is 0 Å². The van der Waals surface area contributed by atoms with E-state index in [1.54, 1.807) is 0 Å². The molecule has 0 heterocycles. The first-order chi connectivity index (χ1) is 6.60. The van der Waals surface area contributed by atoms with Crippen molar-refractivity contribution in [3.05, 3.63) is 12.2 Å². The maximum atomic E-state index is 2.37. The van der Waals surface area contributed by atoms with Crippen LogP contribution in [0.1, 0.15) is 48.0 Å². The third kappa shape index (κ3) is 11.6. The van der Waals surface area contributed by atoms with Gasteiger partial charge in [-0.2, -0.15) is 0 Å². The molecule has 0 amide bonds. The summed E-state index contributed by atoms with van der Waals surface area (Å²) in [6, 6.07) is 0. The number of allylic oxidation sites excluding steroid dienone is 1. The number of hydrogen-bond acceptors (Lipinski definition) is 1. The van der Waals surface area contributed by atoms with Gasteiger partial charge in [-0.25, -0.2) is 0 Å². The molecule has 0 rings (SSSR count). The van der Waals surface area contributed by atoms with Crippen LogP contribution in [0.5, 0.6) is 0 Å². The maximum Gasteiger partial charge on any atom is 0.0160 e. The Morgan fingerprint density at radius 2 is 1.40 bits per heavy atom. The molecule has 0 aromatic heterocycles. The average Bonchev–Trinajstić information content (AvgIpc) is 1.92. The van der Waals surface area contributed by atoms with Gasteiger partial charge in [-0.05, 0) is 24.3 Å². The Balaban J connectivity index is 3.76. The highest BCUT2D eigenvalue weighted by Gasteiger charge is 2.12. The van der Waals surface area contributed by atoms with Crippen molar-refractivity contribution in [2.75, 3.05) is 20.1 Å². The summed E-state index contributed by atoms with van der Waals surface area (Å²) in [5.74, 6) is 0. The van der Waals surface area contributed by atoms with Crippen molar-refractivity contribution in [3.63, 3.8) is 0 Å². The molecule has 0 unspecified atom stereocenters. The van der Waals surface area contributed by atoms with Crippen molar-refractivity contribution in [2.24, 2.45) is 10.8 Å². The van der Waals surface area contributed by atoms with Crippen molar-refractivity contribution in [2.45, 2.75) is 48.0 Å². The van der Waals surface area contributed by atoms with Gasteiger partial charge in [0.2, 0.25) is 0 Å². The quantitative estimate of drug-likeness (QED) is 0.636. The lowest BCUT2D eigenvalue weighted by molar-refractivity contribution is 0.244. The SMILES string of the molecule is CN(C/C=C/CC(C)(C)C)CC(C)(C)C. The van der Waals surface area contributed by atoms with Gasteiger partial charge in [0.15, 0.2) is 0 Å². The summed E-state index contributed by atoms with van der Waals surface area (Å²) >= 11 is 0. The molecule has 0 aliphatic rings. The molecule has 0 spiro atoms. The smallest absolute Gasteiger partial charge is 0.0160 e. The summed E-state index contributed by atoms with van der Waals surface area (Å²) in [5.41, 5.74) is 0.811. The van der Waals surface area contributed by atoms with Gasteiger partial charge < -0.3 is 4.90 Å². The lowest BCUT2D eigenvalue weighted by Gasteiger charge is -2.25. The largest absolute Gasteiger partial charge is 0.302 e. The van der Waals surface area contributed by atoms with Crippen LogP contribution in [0.25, 0.3) is 0 Å².